The molecule has 25 heavy (non-hydrogen) atoms. The Morgan fingerprint density at radius 2 is 2.04 bits per heavy atom. The van der Waals surface area contributed by atoms with Gasteiger partial charge in [-0.05, 0) is 42.3 Å². The van der Waals surface area contributed by atoms with Gasteiger partial charge in [0.1, 0.15) is 11.6 Å². The standard InChI is InChI=1S/C18H23ClN4O2/c1-21(2)17-7-4-14(12-20-17)18(24)23-9-3-8-22(10-11-23)13-15-5-6-16(19)25-15/h4-7,12H,3,8-11,13H2,1-2H3. The molecule has 0 bridgehead atoms. The molecule has 1 amide bonds. The minimum absolute atomic E-state index is 0.0423. The molecule has 0 aromatic carbocycles. The van der Waals surface area contributed by atoms with E-state index < -0.39 is 0 Å². The molecule has 0 saturated carbocycles. The van der Waals surface area contributed by atoms with Crippen LogP contribution in [0.15, 0.2) is 34.9 Å². The molecule has 0 unspecified atom stereocenters. The minimum Gasteiger partial charge on any atom is -0.448 e. The number of halogens is 1. The van der Waals surface area contributed by atoms with Crippen LogP contribution in [0.25, 0.3) is 0 Å². The van der Waals surface area contributed by atoms with E-state index >= 15 is 0 Å². The van der Waals surface area contributed by atoms with E-state index in [0.717, 1.165) is 37.6 Å². The molecule has 0 atom stereocenters. The van der Waals surface area contributed by atoms with Crippen LogP contribution < -0.4 is 4.90 Å². The van der Waals surface area contributed by atoms with Gasteiger partial charge in [0, 0.05) is 46.5 Å². The van der Waals surface area contributed by atoms with E-state index in [1.165, 1.54) is 0 Å². The van der Waals surface area contributed by atoms with Crippen molar-refractivity contribution >= 4 is 23.3 Å². The van der Waals surface area contributed by atoms with Crippen LogP contribution in [-0.4, -0.2) is 61.0 Å². The highest BCUT2D eigenvalue weighted by Gasteiger charge is 2.21. The largest absolute Gasteiger partial charge is 0.448 e. The Kier molecular flexibility index (Phi) is 5.60. The van der Waals surface area contributed by atoms with Crippen LogP contribution in [0.2, 0.25) is 5.22 Å². The van der Waals surface area contributed by atoms with Crippen LogP contribution in [0.5, 0.6) is 0 Å². The molecule has 1 aliphatic rings. The Balaban J connectivity index is 1.59. The second-order valence-corrected chi connectivity index (χ2v) is 6.80. The van der Waals surface area contributed by atoms with E-state index in [1.54, 1.807) is 12.3 Å². The summed E-state index contributed by atoms with van der Waals surface area (Å²) in [5.41, 5.74) is 0.636. The smallest absolute Gasteiger partial charge is 0.255 e. The Bertz CT molecular complexity index is 714. The first-order valence-corrected chi connectivity index (χ1v) is 8.80. The quantitative estimate of drug-likeness (QED) is 0.837. The van der Waals surface area contributed by atoms with Crippen molar-refractivity contribution in [2.75, 3.05) is 45.2 Å². The summed E-state index contributed by atoms with van der Waals surface area (Å²) in [6.45, 7) is 3.91. The average Bonchev–Trinajstić information content (AvgIpc) is 2.87. The van der Waals surface area contributed by atoms with Gasteiger partial charge in [-0.15, -0.1) is 0 Å². The topological polar surface area (TPSA) is 52.8 Å². The first kappa shape index (κ1) is 17.8. The molecule has 0 N–H and O–H groups in total. The number of furan rings is 1. The van der Waals surface area contributed by atoms with E-state index in [-0.39, 0.29) is 5.91 Å². The Morgan fingerprint density at radius 3 is 2.68 bits per heavy atom. The van der Waals surface area contributed by atoms with Crippen LogP contribution >= 0.6 is 11.6 Å². The Labute approximate surface area is 153 Å². The zero-order valence-corrected chi connectivity index (χ0v) is 15.4. The lowest BCUT2D eigenvalue weighted by molar-refractivity contribution is 0.0760. The van der Waals surface area contributed by atoms with E-state index in [9.17, 15) is 4.79 Å². The summed E-state index contributed by atoms with van der Waals surface area (Å²) in [4.78, 5) is 23.2. The summed E-state index contributed by atoms with van der Waals surface area (Å²) >= 11 is 5.83. The number of pyridine rings is 1. The number of carbonyl (C=O) groups is 1. The number of hydrogen-bond acceptors (Lipinski definition) is 5. The second kappa shape index (κ2) is 7.89. The lowest BCUT2D eigenvalue weighted by Crippen LogP contribution is -2.35. The highest BCUT2D eigenvalue weighted by Crippen LogP contribution is 2.17. The van der Waals surface area contributed by atoms with Gasteiger partial charge in [-0.3, -0.25) is 9.69 Å². The molecule has 0 spiro atoms. The minimum atomic E-state index is 0.0423. The van der Waals surface area contributed by atoms with Crippen molar-refractivity contribution in [3.63, 3.8) is 0 Å². The first-order chi connectivity index (χ1) is 12.0. The average molecular weight is 363 g/mol. The van der Waals surface area contributed by atoms with Crippen molar-refractivity contribution in [2.24, 2.45) is 0 Å². The van der Waals surface area contributed by atoms with Gasteiger partial charge in [-0.25, -0.2) is 4.98 Å². The lowest BCUT2D eigenvalue weighted by atomic mass is 10.2. The predicted molar refractivity (Wildman–Crippen MR) is 98.1 cm³/mol. The van der Waals surface area contributed by atoms with Gasteiger partial charge >= 0.3 is 0 Å². The molecule has 0 radical (unpaired) electrons. The summed E-state index contributed by atoms with van der Waals surface area (Å²) in [7, 11) is 3.86. The number of aromatic nitrogens is 1. The van der Waals surface area contributed by atoms with Gasteiger partial charge < -0.3 is 14.2 Å². The first-order valence-electron chi connectivity index (χ1n) is 8.42. The number of nitrogens with zero attached hydrogens (tertiary/aromatic N) is 4. The van der Waals surface area contributed by atoms with E-state index in [4.69, 9.17) is 16.0 Å². The Morgan fingerprint density at radius 1 is 1.20 bits per heavy atom. The summed E-state index contributed by atoms with van der Waals surface area (Å²) in [6.07, 6.45) is 2.59. The maximum atomic E-state index is 12.7. The van der Waals surface area contributed by atoms with Crippen molar-refractivity contribution in [3.8, 4) is 0 Å². The number of rotatable bonds is 4. The molecule has 1 fully saturated rings. The van der Waals surface area contributed by atoms with Gasteiger partial charge in [0.05, 0.1) is 12.1 Å². The van der Waals surface area contributed by atoms with Crippen molar-refractivity contribution in [2.45, 2.75) is 13.0 Å². The molecule has 1 aliphatic heterocycles. The zero-order valence-electron chi connectivity index (χ0n) is 14.6. The maximum Gasteiger partial charge on any atom is 0.255 e. The van der Waals surface area contributed by atoms with Crippen LogP contribution in [-0.2, 0) is 6.54 Å². The highest BCUT2D eigenvalue weighted by molar-refractivity contribution is 6.28. The van der Waals surface area contributed by atoms with Crippen LogP contribution in [0.4, 0.5) is 5.82 Å². The molecule has 7 heteroatoms. The molecule has 134 valence electrons. The second-order valence-electron chi connectivity index (χ2n) is 6.43. The number of hydrogen-bond donors (Lipinski definition) is 0. The van der Waals surface area contributed by atoms with Crippen LogP contribution in [0.1, 0.15) is 22.5 Å². The Hall–Kier alpha value is -2.05. The van der Waals surface area contributed by atoms with Gasteiger partial charge in [-0.2, -0.15) is 0 Å². The van der Waals surface area contributed by atoms with Gasteiger partial charge in [-0.1, -0.05) is 0 Å². The number of amides is 1. The van der Waals surface area contributed by atoms with E-state index in [2.05, 4.69) is 9.88 Å². The van der Waals surface area contributed by atoms with E-state index in [0.29, 0.717) is 23.9 Å². The fourth-order valence-corrected chi connectivity index (χ4v) is 3.11. The molecule has 2 aromatic rings. The molecular formula is C18H23ClN4O2. The maximum absolute atomic E-state index is 12.7. The highest BCUT2D eigenvalue weighted by atomic mass is 35.5. The normalized spacial score (nSPS) is 15.9. The predicted octanol–water partition coefficient (Wildman–Crippen LogP) is 2.74. The molecule has 6 nitrogen and oxygen atoms in total. The van der Waals surface area contributed by atoms with Crippen LogP contribution in [0, 0.1) is 0 Å². The third-order valence-corrected chi connectivity index (χ3v) is 4.54. The monoisotopic (exact) mass is 362 g/mol. The third kappa shape index (κ3) is 4.52. The van der Waals surface area contributed by atoms with Crippen LogP contribution in [0.3, 0.4) is 0 Å². The van der Waals surface area contributed by atoms with Crippen molar-refractivity contribution < 1.29 is 9.21 Å². The summed E-state index contributed by atoms with van der Waals surface area (Å²) in [5, 5.41) is 0.412. The van der Waals surface area contributed by atoms with Gasteiger partial charge in [0.25, 0.3) is 5.91 Å². The molecule has 2 aromatic heterocycles. The fourth-order valence-electron chi connectivity index (χ4n) is 2.95. The lowest BCUT2D eigenvalue weighted by Gasteiger charge is -2.21. The SMILES string of the molecule is CN(C)c1ccc(C(=O)N2CCCN(Cc3ccc(Cl)o3)CC2)cn1. The molecule has 3 rings (SSSR count). The van der Waals surface area contributed by atoms with E-state index in [1.807, 2.05) is 42.1 Å². The molecular weight excluding hydrogens is 340 g/mol. The van der Waals surface area contributed by atoms with Crippen molar-refractivity contribution in [1.29, 1.82) is 0 Å². The zero-order chi connectivity index (χ0) is 17.8. The number of carbonyl (C=O) groups excluding carboxylic acids is 1. The fraction of sp³-hybridized carbons (Fsp3) is 0.444. The summed E-state index contributed by atoms with van der Waals surface area (Å²) < 4.78 is 5.43. The summed E-state index contributed by atoms with van der Waals surface area (Å²) in [6, 6.07) is 7.37. The van der Waals surface area contributed by atoms with Gasteiger partial charge in [0.2, 0.25) is 0 Å². The van der Waals surface area contributed by atoms with Crippen molar-refractivity contribution in [1.82, 2.24) is 14.8 Å². The number of anilines is 1. The molecule has 3 heterocycles. The molecule has 0 aliphatic carbocycles. The third-order valence-electron chi connectivity index (χ3n) is 4.34. The van der Waals surface area contributed by atoms with Gasteiger partial charge in [0.15, 0.2) is 5.22 Å². The van der Waals surface area contributed by atoms with Crippen molar-refractivity contribution in [3.05, 3.63) is 47.0 Å². The summed E-state index contributed by atoms with van der Waals surface area (Å²) in [5.74, 6) is 1.74. The molecule has 1 saturated heterocycles.